The molecule has 0 unspecified atom stereocenters. The van der Waals surface area contributed by atoms with Gasteiger partial charge in [-0.25, -0.2) is 0 Å². The van der Waals surface area contributed by atoms with Crippen molar-refractivity contribution in [3.05, 3.63) is 95.7 Å². The maximum Gasteiger partial charge on any atom is 0.211 e. The summed E-state index contributed by atoms with van der Waals surface area (Å²) in [4.78, 5) is 13.5. The number of azo groups is 1. The summed E-state index contributed by atoms with van der Waals surface area (Å²) in [5, 5.41) is 9.95. The molecule has 0 radical (unpaired) electrons. The molecule has 0 saturated heterocycles. The summed E-state index contributed by atoms with van der Waals surface area (Å²) in [5.41, 5.74) is 4.81. The number of fused-ring (bicyclic) bond motifs is 1. The molecule has 4 rings (SSSR count). The smallest absolute Gasteiger partial charge is 0.211 e. The van der Waals surface area contributed by atoms with E-state index in [1.54, 1.807) is 0 Å². The number of aryl methyl sites for hydroxylation is 2. The standard InChI is InChI=1S/C25H23N3O/c1-3-17-28-22-12-8-7-11-21(22)23(27-26-20-15-13-18(2)14-16-20)24(28)25(29)19-9-5-4-6-10-19/h4-16H,3,17H2,1-2H3. The molecule has 0 N–H and O–H groups in total. The third kappa shape index (κ3) is 3.74. The van der Waals surface area contributed by atoms with Crippen LogP contribution < -0.4 is 0 Å². The van der Waals surface area contributed by atoms with E-state index >= 15 is 0 Å². The fourth-order valence-electron chi connectivity index (χ4n) is 3.52. The van der Waals surface area contributed by atoms with Gasteiger partial charge in [0.1, 0.15) is 11.4 Å². The Balaban J connectivity index is 1.91. The predicted octanol–water partition coefficient (Wildman–Crippen LogP) is 7.01. The first-order valence-corrected chi connectivity index (χ1v) is 9.88. The Morgan fingerprint density at radius 3 is 2.28 bits per heavy atom. The van der Waals surface area contributed by atoms with E-state index in [0.29, 0.717) is 16.9 Å². The van der Waals surface area contributed by atoms with Gasteiger partial charge in [0.05, 0.1) is 11.2 Å². The van der Waals surface area contributed by atoms with Gasteiger partial charge in [-0.15, -0.1) is 5.11 Å². The van der Waals surface area contributed by atoms with Crippen molar-refractivity contribution in [2.24, 2.45) is 10.2 Å². The minimum absolute atomic E-state index is 0.0342. The number of nitrogens with zero attached hydrogens (tertiary/aromatic N) is 3. The highest BCUT2D eigenvalue weighted by Gasteiger charge is 2.23. The fraction of sp³-hybridized carbons (Fsp3) is 0.160. The number of hydrogen-bond acceptors (Lipinski definition) is 3. The lowest BCUT2D eigenvalue weighted by molar-refractivity contribution is 0.103. The van der Waals surface area contributed by atoms with Gasteiger partial charge in [-0.05, 0) is 31.5 Å². The van der Waals surface area contributed by atoms with Crippen LogP contribution in [0.2, 0.25) is 0 Å². The van der Waals surface area contributed by atoms with E-state index in [2.05, 4.69) is 21.7 Å². The largest absolute Gasteiger partial charge is 0.336 e. The zero-order valence-electron chi connectivity index (χ0n) is 16.7. The SMILES string of the molecule is CCCn1c(C(=O)c2ccccc2)c(N=Nc2ccc(C)cc2)c2ccccc21. The molecular formula is C25H23N3O. The Labute approximate surface area is 170 Å². The van der Waals surface area contributed by atoms with Crippen LogP contribution >= 0.6 is 0 Å². The lowest BCUT2D eigenvalue weighted by Gasteiger charge is -2.09. The number of rotatable bonds is 6. The fourth-order valence-corrected chi connectivity index (χ4v) is 3.52. The van der Waals surface area contributed by atoms with E-state index in [0.717, 1.165) is 29.6 Å². The van der Waals surface area contributed by atoms with E-state index in [4.69, 9.17) is 0 Å². The first-order valence-electron chi connectivity index (χ1n) is 9.88. The quantitative estimate of drug-likeness (QED) is 0.262. The summed E-state index contributed by atoms with van der Waals surface area (Å²) in [6.07, 6.45) is 0.919. The molecule has 0 saturated carbocycles. The van der Waals surface area contributed by atoms with E-state index in [-0.39, 0.29) is 5.78 Å². The highest BCUT2D eigenvalue weighted by atomic mass is 16.1. The molecule has 0 aliphatic carbocycles. The highest BCUT2D eigenvalue weighted by Crippen LogP contribution is 2.36. The maximum atomic E-state index is 13.5. The van der Waals surface area contributed by atoms with Crippen LogP contribution in [-0.4, -0.2) is 10.4 Å². The van der Waals surface area contributed by atoms with Crippen molar-refractivity contribution in [1.82, 2.24) is 4.57 Å². The van der Waals surface area contributed by atoms with Crippen LogP contribution in [0.15, 0.2) is 89.1 Å². The first-order chi connectivity index (χ1) is 14.2. The summed E-state index contributed by atoms with van der Waals surface area (Å²) in [7, 11) is 0. The van der Waals surface area contributed by atoms with Crippen molar-refractivity contribution in [2.75, 3.05) is 0 Å². The van der Waals surface area contributed by atoms with Crippen molar-refractivity contribution in [3.63, 3.8) is 0 Å². The van der Waals surface area contributed by atoms with Gasteiger partial charge in [-0.1, -0.05) is 73.2 Å². The van der Waals surface area contributed by atoms with Crippen molar-refractivity contribution < 1.29 is 4.79 Å². The average molecular weight is 381 g/mol. The van der Waals surface area contributed by atoms with Crippen molar-refractivity contribution in [1.29, 1.82) is 0 Å². The van der Waals surface area contributed by atoms with E-state index in [1.165, 1.54) is 5.56 Å². The minimum Gasteiger partial charge on any atom is -0.336 e. The molecule has 4 aromatic rings. The van der Waals surface area contributed by atoms with Crippen LogP contribution in [0.3, 0.4) is 0 Å². The van der Waals surface area contributed by atoms with Crippen molar-refractivity contribution >= 4 is 28.1 Å². The van der Waals surface area contributed by atoms with E-state index in [1.807, 2.05) is 85.8 Å². The summed E-state index contributed by atoms with van der Waals surface area (Å²) < 4.78 is 2.08. The van der Waals surface area contributed by atoms with Gasteiger partial charge < -0.3 is 4.57 Å². The highest BCUT2D eigenvalue weighted by molar-refractivity contribution is 6.16. The van der Waals surface area contributed by atoms with Gasteiger partial charge in [0.15, 0.2) is 0 Å². The van der Waals surface area contributed by atoms with Crippen LogP contribution in [0.1, 0.15) is 35.0 Å². The van der Waals surface area contributed by atoms with E-state index < -0.39 is 0 Å². The van der Waals surface area contributed by atoms with Crippen LogP contribution in [0.25, 0.3) is 10.9 Å². The Bertz CT molecular complexity index is 1170. The molecule has 1 aromatic heterocycles. The molecule has 0 spiro atoms. The number of carbonyl (C=O) groups is 1. The molecule has 0 fully saturated rings. The second kappa shape index (κ2) is 8.23. The normalized spacial score (nSPS) is 11.4. The molecule has 0 aliphatic heterocycles. The average Bonchev–Trinajstić information content (AvgIpc) is 3.07. The van der Waals surface area contributed by atoms with Crippen LogP contribution in [0.4, 0.5) is 11.4 Å². The zero-order chi connectivity index (χ0) is 20.2. The molecule has 0 amide bonds. The van der Waals surface area contributed by atoms with Crippen LogP contribution in [-0.2, 0) is 6.54 Å². The van der Waals surface area contributed by atoms with Gasteiger partial charge in [0.25, 0.3) is 0 Å². The predicted molar refractivity (Wildman–Crippen MR) is 117 cm³/mol. The Hall–Kier alpha value is -3.53. The van der Waals surface area contributed by atoms with Crippen molar-refractivity contribution in [2.45, 2.75) is 26.8 Å². The molecule has 4 nitrogen and oxygen atoms in total. The number of carbonyl (C=O) groups excluding carboxylic acids is 1. The Morgan fingerprint density at radius 1 is 0.862 bits per heavy atom. The maximum absolute atomic E-state index is 13.5. The molecule has 29 heavy (non-hydrogen) atoms. The topological polar surface area (TPSA) is 46.7 Å². The van der Waals surface area contributed by atoms with Gasteiger partial charge >= 0.3 is 0 Å². The third-order valence-electron chi connectivity index (χ3n) is 4.94. The van der Waals surface area contributed by atoms with Crippen molar-refractivity contribution in [3.8, 4) is 0 Å². The molecule has 4 heteroatoms. The second-order valence-corrected chi connectivity index (χ2v) is 7.10. The molecule has 0 bridgehead atoms. The zero-order valence-corrected chi connectivity index (χ0v) is 16.7. The van der Waals surface area contributed by atoms with Gasteiger partial charge in [-0.2, -0.15) is 5.11 Å². The van der Waals surface area contributed by atoms with Gasteiger partial charge in [0, 0.05) is 17.5 Å². The molecule has 3 aromatic carbocycles. The number of benzene rings is 3. The lowest BCUT2D eigenvalue weighted by atomic mass is 10.1. The lowest BCUT2D eigenvalue weighted by Crippen LogP contribution is -2.10. The van der Waals surface area contributed by atoms with Crippen LogP contribution in [0.5, 0.6) is 0 Å². The Morgan fingerprint density at radius 2 is 1.55 bits per heavy atom. The number of hydrogen-bond donors (Lipinski definition) is 0. The molecule has 0 atom stereocenters. The molecular weight excluding hydrogens is 358 g/mol. The van der Waals surface area contributed by atoms with Crippen LogP contribution in [0, 0.1) is 6.92 Å². The number of aromatic nitrogens is 1. The summed E-state index contributed by atoms with van der Waals surface area (Å²) in [6, 6.07) is 25.3. The van der Waals surface area contributed by atoms with E-state index in [9.17, 15) is 4.79 Å². The summed E-state index contributed by atoms with van der Waals surface area (Å²) >= 11 is 0. The van der Waals surface area contributed by atoms with Gasteiger partial charge in [-0.3, -0.25) is 4.79 Å². The summed E-state index contributed by atoms with van der Waals surface area (Å²) in [5.74, 6) is -0.0342. The Kier molecular flexibility index (Phi) is 5.34. The molecule has 1 heterocycles. The monoisotopic (exact) mass is 381 g/mol. The van der Waals surface area contributed by atoms with Gasteiger partial charge in [0.2, 0.25) is 5.78 Å². The minimum atomic E-state index is -0.0342. The molecule has 0 aliphatic rings. The third-order valence-corrected chi connectivity index (χ3v) is 4.94. The number of para-hydroxylation sites is 1. The summed E-state index contributed by atoms with van der Waals surface area (Å²) in [6.45, 7) is 4.89. The molecule has 144 valence electrons. The second-order valence-electron chi connectivity index (χ2n) is 7.10. The first kappa shape index (κ1) is 18.8. The number of ketones is 1.